The summed E-state index contributed by atoms with van der Waals surface area (Å²) in [5.41, 5.74) is 1.42. The lowest BCUT2D eigenvalue weighted by Crippen LogP contribution is -2.72. The molecule has 1 aromatic carbocycles. The first-order chi connectivity index (χ1) is 12.6. The molecule has 1 aliphatic heterocycles. The molecule has 0 atom stereocenters. The molecule has 1 aliphatic rings. The predicted molar refractivity (Wildman–Crippen MR) is 110 cm³/mol. The minimum absolute atomic E-state index is 0.00189. The van der Waals surface area contributed by atoms with Crippen LogP contribution in [0.5, 0.6) is 5.75 Å². The maximum absolute atomic E-state index is 12.0. The number of amides is 1. The van der Waals surface area contributed by atoms with Crippen LogP contribution in [0.1, 0.15) is 33.3 Å². The van der Waals surface area contributed by atoms with E-state index in [2.05, 4.69) is 55.0 Å². The number of likely N-dealkylation sites (tertiary alicyclic amines) is 1. The fourth-order valence-electron chi connectivity index (χ4n) is 3.03. The van der Waals surface area contributed by atoms with Gasteiger partial charge >= 0.3 is 0 Å². The van der Waals surface area contributed by atoms with Gasteiger partial charge in [0.1, 0.15) is 12.3 Å². The number of carbonyl (C=O) groups is 1. The lowest BCUT2D eigenvalue weighted by molar-refractivity contribution is -0.127. The Kier molecular flexibility index (Phi) is 6.39. The van der Waals surface area contributed by atoms with E-state index in [0.29, 0.717) is 0 Å². The van der Waals surface area contributed by atoms with Crippen LogP contribution >= 0.6 is 0 Å². The number of carbonyl (C=O) groups excluding carboxylic acids is 1. The maximum Gasteiger partial charge on any atom is 0.243 e. The number of likely N-dealkylation sites (N-methyl/N-ethyl adjacent to an activating group) is 1. The average Bonchev–Trinajstić information content (AvgIpc) is 2.63. The smallest absolute Gasteiger partial charge is 0.243 e. The van der Waals surface area contributed by atoms with Crippen molar-refractivity contribution in [3.05, 3.63) is 29.8 Å². The normalized spacial score (nSPS) is 17.9. The van der Waals surface area contributed by atoms with Crippen LogP contribution in [0.15, 0.2) is 29.3 Å². The first kappa shape index (κ1) is 21.1. The summed E-state index contributed by atoms with van der Waals surface area (Å²) in [6, 6.07) is 8.09. The van der Waals surface area contributed by atoms with E-state index in [9.17, 15) is 4.79 Å². The van der Waals surface area contributed by atoms with Crippen molar-refractivity contribution in [2.45, 2.75) is 39.7 Å². The van der Waals surface area contributed by atoms with Crippen molar-refractivity contribution in [3.63, 3.8) is 0 Å². The summed E-state index contributed by atoms with van der Waals surface area (Å²) in [4.78, 5) is 20.4. The number of hydrogen-bond acceptors (Lipinski definition) is 3. The molecule has 6 heteroatoms. The summed E-state index contributed by atoms with van der Waals surface area (Å²) >= 11 is 0. The molecule has 0 unspecified atom stereocenters. The first-order valence-electron chi connectivity index (χ1n) is 9.47. The Labute approximate surface area is 163 Å². The third kappa shape index (κ3) is 4.73. The number of methoxy groups -OCH3 is 1. The van der Waals surface area contributed by atoms with Crippen LogP contribution < -0.4 is 10.1 Å². The van der Waals surface area contributed by atoms with E-state index in [1.807, 2.05) is 12.1 Å². The number of benzene rings is 1. The lowest BCUT2D eigenvalue weighted by Gasteiger charge is -2.62. The van der Waals surface area contributed by atoms with Crippen molar-refractivity contribution in [2.75, 3.05) is 40.8 Å². The van der Waals surface area contributed by atoms with Gasteiger partial charge in [-0.3, -0.25) is 4.79 Å². The lowest BCUT2D eigenvalue weighted by atomic mass is 9.65. The van der Waals surface area contributed by atoms with E-state index in [-0.39, 0.29) is 23.4 Å². The summed E-state index contributed by atoms with van der Waals surface area (Å²) < 4.78 is 5.20. The largest absolute Gasteiger partial charge is 0.497 e. The van der Waals surface area contributed by atoms with Gasteiger partial charge in [-0.2, -0.15) is 0 Å². The van der Waals surface area contributed by atoms with Gasteiger partial charge in [0.05, 0.1) is 7.11 Å². The molecule has 0 bridgehead atoms. The van der Waals surface area contributed by atoms with Crippen molar-refractivity contribution in [1.29, 1.82) is 0 Å². The second-order valence-electron chi connectivity index (χ2n) is 8.48. The van der Waals surface area contributed by atoms with Crippen LogP contribution in [0.25, 0.3) is 0 Å². The molecule has 1 saturated heterocycles. The van der Waals surface area contributed by atoms with Crippen molar-refractivity contribution in [1.82, 2.24) is 15.1 Å². The zero-order valence-electron chi connectivity index (χ0n) is 17.8. The fourth-order valence-corrected chi connectivity index (χ4v) is 3.03. The molecule has 0 aliphatic carbocycles. The van der Waals surface area contributed by atoms with Crippen LogP contribution in [0, 0.1) is 5.41 Å². The van der Waals surface area contributed by atoms with Gasteiger partial charge in [-0.05, 0) is 38.0 Å². The van der Waals surface area contributed by atoms with E-state index >= 15 is 0 Å². The van der Waals surface area contributed by atoms with E-state index < -0.39 is 0 Å². The number of nitrogens with one attached hydrogen (secondary N) is 1. The minimum atomic E-state index is -0.0138. The van der Waals surface area contributed by atoms with Crippen molar-refractivity contribution >= 4 is 11.9 Å². The number of hydrogen-bond donors (Lipinski definition) is 1. The Morgan fingerprint density at radius 2 is 1.85 bits per heavy atom. The van der Waals surface area contributed by atoms with Crippen molar-refractivity contribution < 1.29 is 9.53 Å². The van der Waals surface area contributed by atoms with Crippen molar-refractivity contribution in [2.24, 2.45) is 10.4 Å². The SMILES string of the molecule is COc1ccc(CCNC(=NCC(=O)N(C)C)N2CC(C)(C)C2(C)C)cc1. The van der Waals surface area contributed by atoms with Crippen LogP contribution in [0.2, 0.25) is 0 Å². The number of rotatable bonds is 6. The van der Waals surface area contributed by atoms with Crippen LogP contribution in [0.3, 0.4) is 0 Å². The number of aliphatic imine (C=N–C) groups is 1. The van der Waals surface area contributed by atoms with Crippen LogP contribution in [-0.2, 0) is 11.2 Å². The topological polar surface area (TPSA) is 57.2 Å². The Bertz CT molecular complexity index is 678. The quantitative estimate of drug-likeness (QED) is 0.614. The predicted octanol–water partition coefficient (Wildman–Crippen LogP) is 2.39. The van der Waals surface area contributed by atoms with Gasteiger partial charge in [0.2, 0.25) is 5.91 Å². The van der Waals surface area contributed by atoms with E-state index in [0.717, 1.165) is 31.2 Å². The highest BCUT2D eigenvalue weighted by Crippen LogP contribution is 2.46. The highest BCUT2D eigenvalue weighted by atomic mass is 16.5. The second kappa shape index (κ2) is 8.19. The summed E-state index contributed by atoms with van der Waals surface area (Å²) in [7, 11) is 5.18. The molecule has 0 saturated carbocycles. The van der Waals surface area contributed by atoms with Gasteiger partial charge in [-0.15, -0.1) is 0 Å². The molecule has 1 fully saturated rings. The molecular weight excluding hydrogens is 340 g/mol. The molecule has 1 heterocycles. The minimum Gasteiger partial charge on any atom is -0.497 e. The standard InChI is InChI=1S/C21H34N4O2/c1-20(2)15-25(21(20,3)4)19(23-14-18(26)24(5)6)22-13-12-16-8-10-17(27-7)11-9-16/h8-11H,12-15H2,1-7H3,(H,22,23). The molecule has 1 amide bonds. The summed E-state index contributed by atoms with van der Waals surface area (Å²) in [5.74, 6) is 1.67. The average molecular weight is 375 g/mol. The molecule has 0 aromatic heterocycles. The monoisotopic (exact) mass is 374 g/mol. The Balaban J connectivity index is 2.03. The number of ether oxygens (including phenoxy) is 1. The third-order valence-corrected chi connectivity index (χ3v) is 5.86. The molecule has 1 aromatic rings. The van der Waals surface area contributed by atoms with Gasteiger partial charge in [0.25, 0.3) is 0 Å². The van der Waals surface area contributed by atoms with Crippen molar-refractivity contribution in [3.8, 4) is 5.75 Å². The molecule has 2 rings (SSSR count). The number of guanidine groups is 1. The number of nitrogens with zero attached hydrogens (tertiary/aromatic N) is 3. The molecule has 6 nitrogen and oxygen atoms in total. The molecule has 0 spiro atoms. The molecule has 0 radical (unpaired) electrons. The summed E-state index contributed by atoms with van der Waals surface area (Å²) in [6.45, 7) is 10.8. The Morgan fingerprint density at radius 3 is 2.33 bits per heavy atom. The van der Waals surface area contributed by atoms with Gasteiger partial charge in [-0.25, -0.2) is 4.99 Å². The zero-order chi connectivity index (χ0) is 20.2. The third-order valence-electron chi connectivity index (χ3n) is 5.86. The highest BCUT2D eigenvalue weighted by Gasteiger charge is 2.53. The summed E-state index contributed by atoms with van der Waals surface area (Å²) in [5, 5.41) is 3.46. The van der Waals surface area contributed by atoms with E-state index in [1.165, 1.54) is 5.56 Å². The van der Waals surface area contributed by atoms with Crippen LogP contribution in [-0.4, -0.2) is 68.0 Å². The van der Waals surface area contributed by atoms with Crippen LogP contribution in [0.4, 0.5) is 0 Å². The van der Waals surface area contributed by atoms with Gasteiger partial charge in [0, 0.05) is 38.1 Å². The van der Waals surface area contributed by atoms with E-state index in [1.54, 1.807) is 26.1 Å². The summed E-state index contributed by atoms with van der Waals surface area (Å²) in [6.07, 6.45) is 0.877. The Hall–Kier alpha value is -2.24. The molecule has 150 valence electrons. The fraction of sp³-hybridized carbons (Fsp3) is 0.619. The first-order valence-corrected chi connectivity index (χ1v) is 9.47. The van der Waals surface area contributed by atoms with Gasteiger partial charge in [-0.1, -0.05) is 26.0 Å². The second-order valence-corrected chi connectivity index (χ2v) is 8.48. The molecular formula is C21H34N4O2. The maximum atomic E-state index is 12.0. The highest BCUT2D eigenvalue weighted by molar-refractivity contribution is 5.86. The Morgan fingerprint density at radius 1 is 1.22 bits per heavy atom. The zero-order valence-corrected chi connectivity index (χ0v) is 17.8. The van der Waals surface area contributed by atoms with Gasteiger partial charge in [0.15, 0.2) is 5.96 Å². The van der Waals surface area contributed by atoms with Gasteiger partial charge < -0.3 is 19.9 Å². The van der Waals surface area contributed by atoms with E-state index in [4.69, 9.17) is 4.74 Å². The molecule has 27 heavy (non-hydrogen) atoms. The molecule has 1 N–H and O–H groups in total.